The molecule has 1 heteroatoms. The Kier molecular flexibility index (Phi) is 4.74. The highest BCUT2D eigenvalue weighted by Gasteiger charge is 2.23. The van der Waals surface area contributed by atoms with Crippen molar-refractivity contribution >= 4 is 5.57 Å². The number of rotatable bonds is 4. The predicted octanol–water partition coefficient (Wildman–Crippen LogP) is 5.06. The van der Waals surface area contributed by atoms with Crippen LogP contribution >= 0.6 is 0 Å². The van der Waals surface area contributed by atoms with E-state index in [0.29, 0.717) is 6.04 Å². The average molecular weight is 291 g/mol. The molecule has 1 aliphatic rings. The monoisotopic (exact) mass is 291 g/mol. The summed E-state index contributed by atoms with van der Waals surface area (Å²) in [6, 6.07) is 20.2. The minimum absolute atomic E-state index is 0.639. The van der Waals surface area contributed by atoms with Crippen LogP contribution in [-0.2, 0) is 6.54 Å². The molecule has 1 nitrogen and oxygen atoms in total. The Hall–Kier alpha value is -1.86. The molecule has 0 aromatic heterocycles. The van der Waals surface area contributed by atoms with Gasteiger partial charge in [-0.1, -0.05) is 67.6 Å². The van der Waals surface area contributed by atoms with E-state index in [1.807, 2.05) is 0 Å². The second kappa shape index (κ2) is 6.93. The Morgan fingerprint density at radius 2 is 1.73 bits per heavy atom. The third-order valence-electron chi connectivity index (χ3n) is 4.73. The van der Waals surface area contributed by atoms with E-state index in [0.717, 1.165) is 19.5 Å². The van der Waals surface area contributed by atoms with Crippen LogP contribution in [0.25, 0.3) is 5.57 Å². The third kappa shape index (κ3) is 3.31. The van der Waals surface area contributed by atoms with Gasteiger partial charge in [-0.25, -0.2) is 0 Å². The molecule has 0 amide bonds. The minimum atomic E-state index is 0.639. The van der Waals surface area contributed by atoms with Gasteiger partial charge in [0, 0.05) is 19.1 Å². The smallest absolute Gasteiger partial charge is 0.0240 e. The van der Waals surface area contributed by atoms with Crippen molar-refractivity contribution < 1.29 is 0 Å². The van der Waals surface area contributed by atoms with Crippen molar-refractivity contribution in [2.45, 2.75) is 39.3 Å². The topological polar surface area (TPSA) is 3.24 Å². The molecular weight excluding hydrogens is 266 g/mol. The lowest BCUT2D eigenvalue weighted by molar-refractivity contribution is 0.198. The highest BCUT2D eigenvalue weighted by Crippen LogP contribution is 2.30. The zero-order valence-electron chi connectivity index (χ0n) is 13.6. The Bertz CT molecular complexity index is 642. The van der Waals surface area contributed by atoms with Gasteiger partial charge >= 0.3 is 0 Å². The molecule has 0 fully saturated rings. The number of benzene rings is 2. The molecule has 0 bridgehead atoms. The molecule has 1 unspecified atom stereocenters. The van der Waals surface area contributed by atoms with E-state index >= 15 is 0 Å². The van der Waals surface area contributed by atoms with Crippen molar-refractivity contribution in [2.75, 3.05) is 6.54 Å². The molecule has 114 valence electrons. The van der Waals surface area contributed by atoms with E-state index in [1.165, 1.54) is 28.7 Å². The second-order valence-electron chi connectivity index (χ2n) is 6.23. The molecular formula is C21H25N. The molecule has 0 saturated heterocycles. The fourth-order valence-corrected chi connectivity index (χ4v) is 3.41. The molecule has 1 heterocycles. The van der Waals surface area contributed by atoms with Gasteiger partial charge in [0.2, 0.25) is 0 Å². The first-order valence-electron chi connectivity index (χ1n) is 8.31. The van der Waals surface area contributed by atoms with Crippen molar-refractivity contribution in [1.82, 2.24) is 4.90 Å². The van der Waals surface area contributed by atoms with E-state index in [2.05, 4.69) is 79.4 Å². The molecule has 1 aliphatic heterocycles. The van der Waals surface area contributed by atoms with Crippen LogP contribution in [0.1, 0.15) is 36.5 Å². The average Bonchev–Trinajstić information content (AvgIpc) is 2.57. The molecule has 0 saturated carbocycles. The SMILES string of the molecule is CCC1CC(c2ccccc2C)=CCN1Cc1ccccc1. The zero-order valence-corrected chi connectivity index (χ0v) is 13.6. The van der Waals surface area contributed by atoms with Crippen LogP contribution in [0.5, 0.6) is 0 Å². The van der Waals surface area contributed by atoms with Crippen molar-refractivity contribution in [3.8, 4) is 0 Å². The predicted molar refractivity (Wildman–Crippen MR) is 94.7 cm³/mol. The van der Waals surface area contributed by atoms with Crippen LogP contribution in [0.15, 0.2) is 60.7 Å². The van der Waals surface area contributed by atoms with Crippen molar-refractivity contribution in [1.29, 1.82) is 0 Å². The maximum Gasteiger partial charge on any atom is 0.0240 e. The maximum absolute atomic E-state index is 2.61. The first-order chi connectivity index (χ1) is 10.8. The lowest BCUT2D eigenvalue weighted by Crippen LogP contribution is -2.37. The lowest BCUT2D eigenvalue weighted by atomic mass is 9.90. The highest BCUT2D eigenvalue weighted by atomic mass is 15.2. The summed E-state index contributed by atoms with van der Waals surface area (Å²) in [5, 5.41) is 0. The van der Waals surface area contributed by atoms with Crippen molar-refractivity contribution in [3.05, 3.63) is 77.4 Å². The normalized spacial score (nSPS) is 19.0. The standard InChI is InChI=1S/C21H25N/c1-3-20-15-19(21-12-8-7-9-17(21)2)13-14-22(20)16-18-10-5-4-6-11-18/h4-13,20H,3,14-16H2,1-2H3. The van der Waals surface area contributed by atoms with Crippen LogP contribution < -0.4 is 0 Å². The molecule has 22 heavy (non-hydrogen) atoms. The van der Waals surface area contributed by atoms with Gasteiger partial charge in [0.15, 0.2) is 0 Å². The molecule has 1 atom stereocenters. The van der Waals surface area contributed by atoms with Crippen LogP contribution in [-0.4, -0.2) is 17.5 Å². The summed E-state index contributed by atoms with van der Waals surface area (Å²) >= 11 is 0. The zero-order chi connectivity index (χ0) is 15.4. The second-order valence-corrected chi connectivity index (χ2v) is 6.23. The fraction of sp³-hybridized carbons (Fsp3) is 0.333. The van der Waals surface area contributed by atoms with E-state index in [-0.39, 0.29) is 0 Å². The molecule has 2 aromatic rings. The molecule has 0 spiro atoms. The Morgan fingerprint density at radius 1 is 1.00 bits per heavy atom. The Labute approximate surface area is 134 Å². The van der Waals surface area contributed by atoms with Crippen LogP contribution in [0, 0.1) is 6.92 Å². The quantitative estimate of drug-likeness (QED) is 0.761. The molecule has 0 aliphatic carbocycles. The number of aryl methyl sites for hydroxylation is 1. The largest absolute Gasteiger partial charge is 0.292 e. The summed E-state index contributed by atoms with van der Waals surface area (Å²) in [5.41, 5.74) is 5.75. The van der Waals surface area contributed by atoms with Crippen LogP contribution in [0.4, 0.5) is 0 Å². The van der Waals surface area contributed by atoms with Gasteiger partial charge in [-0.15, -0.1) is 0 Å². The summed E-state index contributed by atoms with van der Waals surface area (Å²) in [6.45, 7) is 6.63. The summed E-state index contributed by atoms with van der Waals surface area (Å²) in [6.07, 6.45) is 4.79. The van der Waals surface area contributed by atoms with Gasteiger partial charge in [0.25, 0.3) is 0 Å². The first kappa shape index (κ1) is 15.1. The highest BCUT2D eigenvalue weighted by molar-refractivity contribution is 5.69. The van der Waals surface area contributed by atoms with E-state index in [9.17, 15) is 0 Å². The Morgan fingerprint density at radius 3 is 2.45 bits per heavy atom. The van der Waals surface area contributed by atoms with Gasteiger partial charge in [0.1, 0.15) is 0 Å². The number of hydrogen-bond acceptors (Lipinski definition) is 1. The van der Waals surface area contributed by atoms with Crippen molar-refractivity contribution in [3.63, 3.8) is 0 Å². The molecule has 0 radical (unpaired) electrons. The fourth-order valence-electron chi connectivity index (χ4n) is 3.41. The third-order valence-corrected chi connectivity index (χ3v) is 4.73. The molecule has 2 aromatic carbocycles. The summed E-state index contributed by atoms with van der Waals surface area (Å²) in [7, 11) is 0. The van der Waals surface area contributed by atoms with Crippen molar-refractivity contribution in [2.24, 2.45) is 0 Å². The van der Waals surface area contributed by atoms with Gasteiger partial charge in [-0.2, -0.15) is 0 Å². The van der Waals surface area contributed by atoms with E-state index in [1.54, 1.807) is 0 Å². The van der Waals surface area contributed by atoms with Crippen LogP contribution in [0.3, 0.4) is 0 Å². The summed E-state index contributed by atoms with van der Waals surface area (Å²) in [4.78, 5) is 2.61. The van der Waals surface area contributed by atoms with Crippen LogP contribution in [0.2, 0.25) is 0 Å². The first-order valence-corrected chi connectivity index (χ1v) is 8.31. The molecule has 0 N–H and O–H groups in total. The summed E-state index contributed by atoms with van der Waals surface area (Å²) < 4.78 is 0. The summed E-state index contributed by atoms with van der Waals surface area (Å²) in [5.74, 6) is 0. The lowest BCUT2D eigenvalue weighted by Gasteiger charge is -2.35. The minimum Gasteiger partial charge on any atom is -0.292 e. The van der Waals surface area contributed by atoms with Gasteiger partial charge in [0.05, 0.1) is 0 Å². The van der Waals surface area contributed by atoms with Gasteiger partial charge in [-0.05, 0) is 42.0 Å². The van der Waals surface area contributed by atoms with Gasteiger partial charge in [-0.3, -0.25) is 4.90 Å². The molecule has 3 rings (SSSR count). The maximum atomic E-state index is 2.61. The van der Waals surface area contributed by atoms with E-state index < -0.39 is 0 Å². The number of nitrogens with zero attached hydrogens (tertiary/aromatic N) is 1. The van der Waals surface area contributed by atoms with E-state index in [4.69, 9.17) is 0 Å². The van der Waals surface area contributed by atoms with Gasteiger partial charge < -0.3 is 0 Å². The Balaban J connectivity index is 1.78. The number of hydrogen-bond donors (Lipinski definition) is 0.